The third kappa shape index (κ3) is 2.34. The average Bonchev–Trinajstić information content (AvgIpc) is 2.72. The minimum Gasteiger partial charge on any atom is -0.393 e. The summed E-state index contributed by atoms with van der Waals surface area (Å²) in [5, 5.41) is 0. The first-order valence-corrected chi connectivity index (χ1v) is 6.55. The molecule has 2 N–H and O–H groups in total. The van der Waals surface area contributed by atoms with Gasteiger partial charge in [0.15, 0.2) is 0 Å². The number of rotatable bonds is 4. The van der Waals surface area contributed by atoms with Crippen molar-refractivity contribution < 1.29 is 9.59 Å². The summed E-state index contributed by atoms with van der Waals surface area (Å²) in [7, 11) is 0. The molecule has 1 heterocycles. The third-order valence-electron chi connectivity index (χ3n) is 3.77. The molecule has 2 atom stereocenters. The van der Waals surface area contributed by atoms with E-state index in [0.29, 0.717) is 30.3 Å². The zero-order valence-corrected chi connectivity index (χ0v) is 10.8. The minimum absolute atomic E-state index is 0.0206. The summed E-state index contributed by atoms with van der Waals surface area (Å²) in [6.07, 6.45) is 3.00. The van der Waals surface area contributed by atoms with Gasteiger partial charge in [-0.15, -0.1) is 0 Å². The van der Waals surface area contributed by atoms with Gasteiger partial charge >= 0.3 is 0 Å². The topological polar surface area (TPSA) is 63.4 Å². The molecule has 17 heavy (non-hydrogen) atoms. The molecule has 2 aliphatic rings. The van der Waals surface area contributed by atoms with Crippen LogP contribution >= 0.6 is 12.2 Å². The Morgan fingerprint density at radius 1 is 1.35 bits per heavy atom. The molecule has 2 unspecified atom stereocenters. The molecule has 1 aliphatic heterocycles. The van der Waals surface area contributed by atoms with E-state index in [9.17, 15) is 9.59 Å². The SMILES string of the molecule is CC1CC2C(=O)N(CCCC(N)=S)C(=O)C2C1. The molecule has 0 aromatic carbocycles. The maximum Gasteiger partial charge on any atom is 0.233 e. The van der Waals surface area contributed by atoms with E-state index in [0.717, 1.165) is 12.8 Å². The van der Waals surface area contributed by atoms with E-state index in [4.69, 9.17) is 18.0 Å². The van der Waals surface area contributed by atoms with Crippen LogP contribution in [0.2, 0.25) is 0 Å². The molecule has 2 fully saturated rings. The quantitative estimate of drug-likeness (QED) is 0.602. The van der Waals surface area contributed by atoms with Crippen LogP contribution in [0.25, 0.3) is 0 Å². The van der Waals surface area contributed by atoms with E-state index in [1.807, 2.05) is 0 Å². The fourth-order valence-electron chi connectivity index (χ4n) is 2.98. The Labute approximate surface area is 107 Å². The Morgan fingerprint density at radius 3 is 2.35 bits per heavy atom. The van der Waals surface area contributed by atoms with E-state index in [-0.39, 0.29) is 23.7 Å². The minimum atomic E-state index is -0.0534. The molecule has 0 radical (unpaired) electrons. The summed E-state index contributed by atoms with van der Waals surface area (Å²) >= 11 is 4.78. The zero-order valence-electron chi connectivity index (χ0n) is 10.0. The number of thiocarbonyl (C=S) groups is 1. The van der Waals surface area contributed by atoms with Crippen LogP contribution in [0.15, 0.2) is 0 Å². The maximum absolute atomic E-state index is 12.1. The van der Waals surface area contributed by atoms with Gasteiger partial charge in [0.1, 0.15) is 0 Å². The van der Waals surface area contributed by atoms with Crippen molar-refractivity contribution >= 4 is 29.0 Å². The summed E-state index contributed by atoms with van der Waals surface area (Å²) < 4.78 is 0. The molecule has 1 aliphatic carbocycles. The van der Waals surface area contributed by atoms with Crippen molar-refractivity contribution in [1.82, 2.24) is 4.90 Å². The maximum atomic E-state index is 12.1. The van der Waals surface area contributed by atoms with Crippen molar-refractivity contribution in [2.45, 2.75) is 32.6 Å². The second kappa shape index (κ2) is 4.72. The second-order valence-corrected chi connectivity index (χ2v) is 5.71. The monoisotopic (exact) mass is 254 g/mol. The molecule has 2 rings (SSSR count). The highest BCUT2D eigenvalue weighted by Gasteiger charge is 2.51. The fourth-order valence-corrected chi connectivity index (χ4v) is 3.12. The summed E-state index contributed by atoms with van der Waals surface area (Å²) in [5.74, 6) is 0.431. The lowest BCUT2D eigenvalue weighted by Crippen LogP contribution is -2.33. The summed E-state index contributed by atoms with van der Waals surface area (Å²) in [4.78, 5) is 26.0. The lowest BCUT2D eigenvalue weighted by Gasteiger charge is -2.16. The van der Waals surface area contributed by atoms with Crippen LogP contribution in [-0.4, -0.2) is 28.2 Å². The van der Waals surface area contributed by atoms with Crippen molar-refractivity contribution in [2.75, 3.05) is 6.54 Å². The molecule has 0 spiro atoms. The van der Waals surface area contributed by atoms with Crippen LogP contribution in [0.1, 0.15) is 32.6 Å². The number of amides is 2. The zero-order chi connectivity index (χ0) is 12.6. The van der Waals surface area contributed by atoms with Crippen molar-refractivity contribution in [3.05, 3.63) is 0 Å². The van der Waals surface area contributed by atoms with Gasteiger partial charge in [0, 0.05) is 6.54 Å². The van der Waals surface area contributed by atoms with E-state index in [1.54, 1.807) is 0 Å². The Hall–Kier alpha value is -0.970. The number of hydrogen-bond acceptors (Lipinski definition) is 3. The highest BCUT2D eigenvalue weighted by atomic mass is 32.1. The lowest BCUT2D eigenvalue weighted by molar-refractivity contribution is -0.140. The van der Waals surface area contributed by atoms with Gasteiger partial charge in [-0.3, -0.25) is 14.5 Å². The first kappa shape index (κ1) is 12.5. The number of carbonyl (C=O) groups is 2. The normalized spacial score (nSPS) is 32.1. The van der Waals surface area contributed by atoms with E-state index in [2.05, 4.69) is 6.92 Å². The summed E-state index contributed by atoms with van der Waals surface area (Å²) in [6, 6.07) is 0. The smallest absolute Gasteiger partial charge is 0.233 e. The number of likely N-dealkylation sites (tertiary alicyclic amines) is 1. The largest absolute Gasteiger partial charge is 0.393 e. The van der Waals surface area contributed by atoms with E-state index < -0.39 is 0 Å². The number of fused-ring (bicyclic) bond motifs is 1. The fraction of sp³-hybridized carbons (Fsp3) is 0.750. The molecule has 0 aromatic heterocycles. The number of imide groups is 1. The number of hydrogen-bond donors (Lipinski definition) is 1. The highest BCUT2D eigenvalue weighted by molar-refractivity contribution is 7.80. The van der Waals surface area contributed by atoms with E-state index >= 15 is 0 Å². The molecule has 94 valence electrons. The lowest BCUT2D eigenvalue weighted by atomic mass is 10.00. The predicted octanol–water partition coefficient (Wildman–Crippen LogP) is 1.08. The van der Waals surface area contributed by atoms with Crippen molar-refractivity contribution in [2.24, 2.45) is 23.5 Å². The van der Waals surface area contributed by atoms with Crippen LogP contribution in [0.5, 0.6) is 0 Å². The Balaban J connectivity index is 1.95. The van der Waals surface area contributed by atoms with Gasteiger partial charge in [-0.2, -0.15) is 0 Å². The van der Waals surface area contributed by atoms with Gasteiger partial charge in [0.2, 0.25) is 11.8 Å². The standard InChI is InChI=1S/C12H18N2O2S/c1-7-5-8-9(6-7)12(16)14(11(8)15)4-2-3-10(13)17/h7-9H,2-6H2,1H3,(H2,13,17). The highest BCUT2D eigenvalue weighted by Crippen LogP contribution is 2.42. The number of carbonyl (C=O) groups excluding carboxylic acids is 2. The van der Waals surface area contributed by atoms with Crippen LogP contribution in [0.4, 0.5) is 0 Å². The van der Waals surface area contributed by atoms with Crippen molar-refractivity contribution in [3.63, 3.8) is 0 Å². The van der Waals surface area contributed by atoms with Crippen LogP contribution in [-0.2, 0) is 9.59 Å². The molecule has 2 amide bonds. The number of nitrogens with two attached hydrogens (primary N) is 1. The second-order valence-electron chi connectivity index (χ2n) is 5.19. The molecular weight excluding hydrogens is 236 g/mol. The Morgan fingerprint density at radius 2 is 1.88 bits per heavy atom. The van der Waals surface area contributed by atoms with Crippen LogP contribution < -0.4 is 5.73 Å². The molecule has 4 nitrogen and oxygen atoms in total. The Bertz CT molecular complexity index is 346. The summed E-state index contributed by atoms with van der Waals surface area (Å²) in [6.45, 7) is 2.58. The van der Waals surface area contributed by atoms with Gasteiger partial charge in [-0.25, -0.2) is 0 Å². The van der Waals surface area contributed by atoms with Crippen molar-refractivity contribution in [1.29, 1.82) is 0 Å². The predicted molar refractivity (Wildman–Crippen MR) is 68.1 cm³/mol. The van der Waals surface area contributed by atoms with Crippen LogP contribution in [0, 0.1) is 17.8 Å². The van der Waals surface area contributed by atoms with E-state index in [1.165, 1.54) is 4.90 Å². The molecule has 0 aromatic rings. The first-order chi connectivity index (χ1) is 8.00. The number of nitrogens with zero attached hydrogens (tertiary/aromatic N) is 1. The first-order valence-electron chi connectivity index (χ1n) is 6.14. The van der Waals surface area contributed by atoms with Gasteiger partial charge in [0.25, 0.3) is 0 Å². The van der Waals surface area contributed by atoms with Crippen molar-refractivity contribution in [3.8, 4) is 0 Å². The van der Waals surface area contributed by atoms with Gasteiger partial charge in [-0.1, -0.05) is 19.1 Å². The van der Waals surface area contributed by atoms with Gasteiger partial charge < -0.3 is 5.73 Å². The molecule has 5 heteroatoms. The van der Waals surface area contributed by atoms with Crippen LogP contribution in [0.3, 0.4) is 0 Å². The molecule has 1 saturated carbocycles. The molecular formula is C12H18N2O2S. The average molecular weight is 254 g/mol. The van der Waals surface area contributed by atoms with Gasteiger partial charge in [0.05, 0.1) is 16.8 Å². The third-order valence-corrected chi connectivity index (χ3v) is 3.97. The molecule has 0 bridgehead atoms. The van der Waals surface area contributed by atoms with Gasteiger partial charge in [-0.05, 0) is 31.6 Å². The molecule has 1 saturated heterocycles. The summed E-state index contributed by atoms with van der Waals surface area (Å²) in [5.41, 5.74) is 5.40. The Kier molecular flexibility index (Phi) is 3.47.